The van der Waals surface area contributed by atoms with Crippen LogP contribution in [0.1, 0.15) is 17.2 Å². The lowest BCUT2D eigenvalue weighted by Crippen LogP contribution is -2.03. The Labute approximate surface area is 106 Å². The minimum Gasteiger partial charge on any atom is -0.496 e. The molecule has 18 heavy (non-hydrogen) atoms. The number of methoxy groups -OCH3 is 2. The van der Waals surface area contributed by atoms with E-state index in [2.05, 4.69) is 4.98 Å². The second-order valence-electron chi connectivity index (χ2n) is 3.78. The first kappa shape index (κ1) is 12.4. The Bertz CT molecular complexity index is 511. The van der Waals surface area contributed by atoms with Crippen molar-refractivity contribution in [1.29, 1.82) is 0 Å². The number of nitrogens with zero attached hydrogens (tertiary/aromatic N) is 1. The van der Waals surface area contributed by atoms with Crippen LogP contribution in [-0.4, -0.2) is 24.3 Å². The monoisotopic (exact) mass is 245 g/mol. The molecule has 1 aromatic heterocycles. The Kier molecular flexibility index (Phi) is 3.79. The van der Waals surface area contributed by atoms with Crippen LogP contribution >= 0.6 is 0 Å². The number of hydrogen-bond acceptors (Lipinski definition) is 4. The Morgan fingerprint density at radius 2 is 1.83 bits per heavy atom. The van der Waals surface area contributed by atoms with E-state index in [4.69, 9.17) is 9.47 Å². The number of hydrogen-bond donors (Lipinski definition) is 1. The van der Waals surface area contributed by atoms with Gasteiger partial charge in [-0.05, 0) is 12.1 Å². The van der Waals surface area contributed by atoms with Gasteiger partial charge in [0.2, 0.25) is 5.88 Å². The molecule has 0 spiro atoms. The van der Waals surface area contributed by atoms with E-state index < -0.39 is 6.10 Å². The molecule has 0 aliphatic heterocycles. The third-order valence-corrected chi connectivity index (χ3v) is 2.72. The van der Waals surface area contributed by atoms with Gasteiger partial charge in [-0.1, -0.05) is 18.2 Å². The van der Waals surface area contributed by atoms with Gasteiger partial charge in [0.05, 0.1) is 14.2 Å². The molecule has 1 atom stereocenters. The highest BCUT2D eigenvalue weighted by molar-refractivity contribution is 5.39. The van der Waals surface area contributed by atoms with E-state index in [0.29, 0.717) is 22.8 Å². The second kappa shape index (κ2) is 5.51. The van der Waals surface area contributed by atoms with Crippen LogP contribution in [0.3, 0.4) is 0 Å². The summed E-state index contributed by atoms with van der Waals surface area (Å²) < 4.78 is 10.2. The molecule has 2 aromatic rings. The van der Waals surface area contributed by atoms with Gasteiger partial charge in [0.15, 0.2) is 0 Å². The van der Waals surface area contributed by atoms with Crippen LogP contribution in [-0.2, 0) is 0 Å². The maximum atomic E-state index is 10.3. The molecule has 4 nitrogen and oxygen atoms in total. The fraction of sp³-hybridized carbons (Fsp3) is 0.214. The molecular formula is C14H15NO3. The Balaban J connectivity index is 2.31. The molecule has 1 heterocycles. The van der Waals surface area contributed by atoms with Gasteiger partial charge in [0, 0.05) is 23.4 Å². The molecule has 1 N–H and O–H groups in total. The van der Waals surface area contributed by atoms with Crippen molar-refractivity contribution >= 4 is 0 Å². The Morgan fingerprint density at radius 1 is 1.06 bits per heavy atom. The number of rotatable bonds is 4. The summed E-state index contributed by atoms with van der Waals surface area (Å²) >= 11 is 0. The van der Waals surface area contributed by atoms with Gasteiger partial charge < -0.3 is 14.6 Å². The van der Waals surface area contributed by atoms with E-state index >= 15 is 0 Å². The molecule has 1 aromatic carbocycles. The summed E-state index contributed by atoms with van der Waals surface area (Å²) in [7, 11) is 3.14. The molecule has 0 saturated carbocycles. The van der Waals surface area contributed by atoms with Crippen molar-refractivity contribution in [3.63, 3.8) is 0 Å². The third-order valence-electron chi connectivity index (χ3n) is 2.72. The predicted molar refractivity (Wildman–Crippen MR) is 67.8 cm³/mol. The molecule has 0 radical (unpaired) electrons. The summed E-state index contributed by atoms with van der Waals surface area (Å²) in [6, 6.07) is 10.9. The minimum atomic E-state index is -0.764. The largest absolute Gasteiger partial charge is 0.496 e. The minimum absolute atomic E-state index is 0.519. The van der Waals surface area contributed by atoms with Crippen molar-refractivity contribution < 1.29 is 14.6 Å². The van der Waals surface area contributed by atoms with Crippen molar-refractivity contribution in [2.45, 2.75) is 6.10 Å². The van der Waals surface area contributed by atoms with Gasteiger partial charge in [-0.3, -0.25) is 0 Å². The summed E-state index contributed by atoms with van der Waals surface area (Å²) in [4.78, 5) is 4.08. The zero-order valence-electron chi connectivity index (χ0n) is 10.3. The summed E-state index contributed by atoms with van der Waals surface area (Å²) in [6.07, 6.45) is 0.829. The summed E-state index contributed by atoms with van der Waals surface area (Å²) in [5.41, 5.74) is 1.41. The topological polar surface area (TPSA) is 51.6 Å². The molecule has 0 saturated heterocycles. The molecular weight excluding hydrogens is 230 g/mol. The van der Waals surface area contributed by atoms with E-state index in [-0.39, 0.29) is 0 Å². The lowest BCUT2D eigenvalue weighted by atomic mass is 10.0. The van der Waals surface area contributed by atoms with Crippen molar-refractivity contribution in [2.75, 3.05) is 14.2 Å². The van der Waals surface area contributed by atoms with Gasteiger partial charge >= 0.3 is 0 Å². The maximum absolute atomic E-state index is 10.3. The van der Waals surface area contributed by atoms with Gasteiger partial charge in [-0.15, -0.1) is 0 Å². The highest BCUT2D eigenvalue weighted by Crippen LogP contribution is 2.29. The van der Waals surface area contributed by atoms with Crippen LogP contribution in [0, 0.1) is 0 Å². The number of aromatic nitrogens is 1. The number of aliphatic hydroxyl groups is 1. The number of benzene rings is 1. The first-order chi connectivity index (χ1) is 8.76. The molecule has 2 rings (SSSR count). The van der Waals surface area contributed by atoms with Crippen LogP contribution in [0.2, 0.25) is 0 Å². The number of ether oxygens (including phenoxy) is 2. The van der Waals surface area contributed by atoms with E-state index in [9.17, 15) is 5.11 Å². The van der Waals surface area contributed by atoms with Crippen LogP contribution in [0.4, 0.5) is 0 Å². The zero-order valence-corrected chi connectivity index (χ0v) is 10.3. The molecule has 94 valence electrons. The maximum Gasteiger partial charge on any atom is 0.212 e. The molecule has 1 unspecified atom stereocenters. The first-order valence-electron chi connectivity index (χ1n) is 5.57. The van der Waals surface area contributed by atoms with Crippen molar-refractivity contribution in [1.82, 2.24) is 4.98 Å². The normalized spacial score (nSPS) is 11.9. The Morgan fingerprint density at radius 3 is 2.44 bits per heavy atom. The zero-order chi connectivity index (χ0) is 13.0. The standard InChI is InChI=1S/C14H15NO3/c1-17-12-6-4-3-5-11(12)14(16)10-7-8-13(18-2)15-9-10/h3-9,14,16H,1-2H3. The fourth-order valence-corrected chi connectivity index (χ4v) is 1.75. The molecule has 0 aliphatic rings. The molecule has 0 aliphatic carbocycles. The van der Waals surface area contributed by atoms with Gasteiger partial charge in [0.1, 0.15) is 11.9 Å². The van der Waals surface area contributed by atoms with Gasteiger partial charge in [-0.25, -0.2) is 4.98 Å². The van der Waals surface area contributed by atoms with E-state index in [0.717, 1.165) is 0 Å². The molecule has 0 amide bonds. The van der Waals surface area contributed by atoms with Gasteiger partial charge in [0.25, 0.3) is 0 Å². The van der Waals surface area contributed by atoms with Crippen molar-refractivity contribution in [2.24, 2.45) is 0 Å². The average Bonchev–Trinajstić information content (AvgIpc) is 2.46. The highest BCUT2D eigenvalue weighted by atomic mass is 16.5. The summed E-state index contributed by atoms with van der Waals surface area (Å²) in [5, 5.41) is 10.3. The van der Waals surface area contributed by atoms with Crippen LogP contribution in [0.25, 0.3) is 0 Å². The molecule has 4 heteroatoms. The summed E-state index contributed by atoms with van der Waals surface area (Å²) in [6.45, 7) is 0. The molecule has 0 bridgehead atoms. The SMILES string of the molecule is COc1ccc(C(O)c2ccccc2OC)cn1. The van der Waals surface area contributed by atoms with E-state index in [1.165, 1.54) is 0 Å². The van der Waals surface area contributed by atoms with Crippen LogP contribution in [0.5, 0.6) is 11.6 Å². The average molecular weight is 245 g/mol. The number of pyridine rings is 1. The second-order valence-corrected chi connectivity index (χ2v) is 3.78. The van der Waals surface area contributed by atoms with Gasteiger partial charge in [-0.2, -0.15) is 0 Å². The number of aliphatic hydroxyl groups excluding tert-OH is 1. The highest BCUT2D eigenvalue weighted by Gasteiger charge is 2.15. The van der Waals surface area contributed by atoms with Crippen LogP contribution in [0.15, 0.2) is 42.6 Å². The lowest BCUT2D eigenvalue weighted by molar-refractivity contribution is 0.214. The van der Waals surface area contributed by atoms with Crippen molar-refractivity contribution in [3.05, 3.63) is 53.7 Å². The number of para-hydroxylation sites is 1. The molecule has 0 fully saturated rings. The predicted octanol–water partition coefficient (Wildman–Crippen LogP) is 2.18. The van der Waals surface area contributed by atoms with E-state index in [1.807, 2.05) is 24.3 Å². The van der Waals surface area contributed by atoms with Crippen LogP contribution < -0.4 is 9.47 Å². The fourth-order valence-electron chi connectivity index (χ4n) is 1.75. The lowest BCUT2D eigenvalue weighted by Gasteiger charge is -2.14. The third kappa shape index (κ3) is 2.43. The smallest absolute Gasteiger partial charge is 0.212 e. The Hall–Kier alpha value is -2.07. The summed E-state index contributed by atoms with van der Waals surface area (Å²) in [5.74, 6) is 1.17. The van der Waals surface area contributed by atoms with E-state index in [1.54, 1.807) is 32.5 Å². The first-order valence-corrected chi connectivity index (χ1v) is 5.57. The quantitative estimate of drug-likeness (QED) is 0.897. The van der Waals surface area contributed by atoms with Crippen molar-refractivity contribution in [3.8, 4) is 11.6 Å².